The molecule has 0 saturated heterocycles. The first kappa shape index (κ1) is 15.5. The van der Waals surface area contributed by atoms with Crippen LogP contribution in [0.25, 0.3) is 0 Å². The van der Waals surface area contributed by atoms with Gasteiger partial charge in [0.05, 0.1) is 18.0 Å². The topological polar surface area (TPSA) is 79.4 Å². The van der Waals surface area contributed by atoms with E-state index < -0.39 is 5.97 Å². The van der Waals surface area contributed by atoms with Crippen molar-refractivity contribution in [3.05, 3.63) is 11.4 Å². The maximum absolute atomic E-state index is 11.9. The van der Waals surface area contributed by atoms with Crippen LogP contribution in [0.3, 0.4) is 0 Å². The fourth-order valence-electron chi connectivity index (χ4n) is 1.71. The lowest BCUT2D eigenvalue weighted by Crippen LogP contribution is -2.15. The first-order chi connectivity index (χ1) is 9.11. The van der Waals surface area contributed by atoms with Gasteiger partial charge in [-0.25, -0.2) is 4.79 Å². The van der Waals surface area contributed by atoms with Crippen molar-refractivity contribution in [2.24, 2.45) is 7.05 Å². The highest BCUT2D eigenvalue weighted by Crippen LogP contribution is 2.17. The minimum Gasteiger partial charge on any atom is -0.458 e. The number of hydrogen-bond donors (Lipinski definition) is 1. The number of nitrogens with two attached hydrogens (primary N) is 1. The van der Waals surface area contributed by atoms with Gasteiger partial charge in [-0.3, -0.25) is 4.68 Å². The van der Waals surface area contributed by atoms with Gasteiger partial charge in [0.2, 0.25) is 0 Å². The van der Waals surface area contributed by atoms with Crippen molar-refractivity contribution < 1.29 is 14.3 Å². The molecule has 108 valence electrons. The molecule has 19 heavy (non-hydrogen) atoms. The standard InChI is InChI=1S/C13H23N3O3/c1-4-6-7-18-8-9-19-13(17)12-11(14)10(5-2)15-16(12)3/h4-9,14H2,1-3H3. The van der Waals surface area contributed by atoms with E-state index in [4.69, 9.17) is 15.2 Å². The SMILES string of the molecule is CCCCOCCOC(=O)c1c(N)c(CC)nn1C. The first-order valence-electron chi connectivity index (χ1n) is 6.68. The second-order valence-corrected chi connectivity index (χ2v) is 4.29. The molecule has 0 radical (unpaired) electrons. The van der Waals surface area contributed by atoms with E-state index in [9.17, 15) is 4.79 Å². The third kappa shape index (κ3) is 4.24. The molecule has 6 nitrogen and oxygen atoms in total. The van der Waals surface area contributed by atoms with Gasteiger partial charge in [0.15, 0.2) is 5.69 Å². The van der Waals surface area contributed by atoms with Gasteiger partial charge in [0.1, 0.15) is 6.61 Å². The Labute approximate surface area is 113 Å². The maximum atomic E-state index is 11.9. The molecular weight excluding hydrogens is 246 g/mol. The quantitative estimate of drug-likeness (QED) is 0.572. The molecule has 0 aliphatic carbocycles. The van der Waals surface area contributed by atoms with Crippen LogP contribution in [-0.2, 0) is 22.9 Å². The predicted octanol–water partition coefficient (Wildman–Crippen LogP) is 1.54. The fourth-order valence-corrected chi connectivity index (χ4v) is 1.71. The maximum Gasteiger partial charge on any atom is 0.358 e. The molecule has 0 amide bonds. The zero-order valence-corrected chi connectivity index (χ0v) is 11.9. The van der Waals surface area contributed by atoms with E-state index in [1.807, 2.05) is 6.92 Å². The predicted molar refractivity (Wildman–Crippen MR) is 73.0 cm³/mol. The average molecular weight is 269 g/mol. The number of anilines is 1. The summed E-state index contributed by atoms with van der Waals surface area (Å²) in [5.41, 5.74) is 7.30. The van der Waals surface area contributed by atoms with E-state index in [-0.39, 0.29) is 6.61 Å². The Balaban J connectivity index is 2.43. The molecule has 0 aromatic carbocycles. The largest absolute Gasteiger partial charge is 0.458 e. The van der Waals surface area contributed by atoms with Gasteiger partial charge < -0.3 is 15.2 Å². The Morgan fingerprint density at radius 1 is 1.32 bits per heavy atom. The van der Waals surface area contributed by atoms with E-state index in [0.29, 0.717) is 36.7 Å². The number of nitrogens with zero attached hydrogens (tertiary/aromatic N) is 2. The molecule has 1 aromatic heterocycles. The van der Waals surface area contributed by atoms with Crippen LogP contribution in [0.15, 0.2) is 0 Å². The van der Waals surface area contributed by atoms with Gasteiger partial charge in [-0.1, -0.05) is 20.3 Å². The van der Waals surface area contributed by atoms with Gasteiger partial charge in [0.25, 0.3) is 0 Å². The smallest absolute Gasteiger partial charge is 0.358 e. The molecule has 1 heterocycles. The monoisotopic (exact) mass is 269 g/mol. The van der Waals surface area contributed by atoms with Crippen LogP contribution >= 0.6 is 0 Å². The van der Waals surface area contributed by atoms with Crippen LogP contribution in [0.1, 0.15) is 42.9 Å². The van der Waals surface area contributed by atoms with Crippen molar-refractivity contribution in [1.29, 1.82) is 0 Å². The Morgan fingerprint density at radius 2 is 2.05 bits per heavy atom. The van der Waals surface area contributed by atoms with Gasteiger partial charge in [-0.15, -0.1) is 0 Å². The van der Waals surface area contributed by atoms with E-state index in [0.717, 1.165) is 12.8 Å². The molecular formula is C13H23N3O3. The number of ether oxygens (including phenoxy) is 2. The molecule has 1 rings (SSSR count). The molecule has 0 bridgehead atoms. The molecule has 0 saturated carbocycles. The molecule has 0 spiro atoms. The number of carbonyl (C=O) groups is 1. The van der Waals surface area contributed by atoms with Gasteiger partial charge in [-0.05, 0) is 12.8 Å². The van der Waals surface area contributed by atoms with Gasteiger partial charge in [0, 0.05) is 13.7 Å². The molecule has 6 heteroatoms. The highest BCUT2D eigenvalue weighted by atomic mass is 16.6. The number of unbranched alkanes of at least 4 members (excludes halogenated alkanes) is 1. The third-order valence-corrected chi connectivity index (χ3v) is 2.79. The minimum absolute atomic E-state index is 0.231. The van der Waals surface area contributed by atoms with Crippen molar-refractivity contribution >= 4 is 11.7 Å². The van der Waals surface area contributed by atoms with E-state index in [1.165, 1.54) is 4.68 Å². The molecule has 0 unspecified atom stereocenters. The number of aromatic nitrogens is 2. The lowest BCUT2D eigenvalue weighted by Gasteiger charge is -2.06. The van der Waals surface area contributed by atoms with Crippen LogP contribution in [0, 0.1) is 0 Å². The van der Waals surface area contributed by atoms with Crippen LogP contribution in [0.5, 0.6) is 0 Å². The lowest BCUT2D eigenvalue weighted by atomic mass is 10.2. The molecule has 0 atom stereocenters. The summed E-state index contributed by atoms with van der Waals surface area (Å²) in [7, 11) is 1.68. The zero-order chi connectivity index (χ0) is 14.3. The van der Waals surface area contributed by atoms with Crippen molar-refractivity contribution in [3.8, 4) is 0 Å². The summed E-state index contributed by atoms with van der Waals surface area (Å²) in [4.78, 5) is 11.9. The number of aryl methyl sites for hydroxylation is 2. The molecule has 0 fully saturated rings. The first-order valence-corrected chi connectivity index (χ1v) is 6.68. The van der Waals surface area contributed by atoms with E-state index in [2.05, 4.69) is 12.0 Å². The second kappa shape index (κ2) is 7.78. The summed E-state index contributed by atoms with van der Waals surface area (Å²) in [6, 6.07) is 0. The fraction of sp³-hybridized carbons (Fsp3) is 0.692. The number of hydrogen-bond acceptors (Lipinski definition) is 5. The summed E-state index contributed by atoms with van der Waals surface area (Å²) in [5, 5.41) is 4.18. The number of rotatable bonds is 8. The van der Waals surface area contributed by atoms with Crippen LogP contribution in [0.2, 0.25) is 0 Å². The minimum atomic E-state index is -0.453. The van der Waals surface area contributed by atoms with Crippen molar-refractivity contribution in [3.63, 3.8) is 0 Å². The number of esters is 1. The van der Waals surface area contributed by atoms with Crippen molar-refractivity contribution in [2.75, 3.05) is 25.6 Å². The van der Waals surface area contributed by atoms with Crippen molar-refractivity contribution in [2.45, 2.75) is 33.1 Å². The van der Waals surface area contributed by atoms with Crippen molar-refractivity contribution in [1.82, 2.24) is 9.78 Å². The highest BCUT2D eigenvalue weighted by molar-refractivity contribution is 5.93. The summed E-state index contributed by atoms with van der Waals surface area (Å²) >= 11 is 0. The Kier molecular flexibility index (Phi) is 6.35. The number of carbonyl (C=O) groups excluding carboxylic acids is 1. The van der Waals surface area contributed by atoms with Crippen LogP contribution < -0.4 is 5.73 Å². The molecule has 0 aliphatic heterocycles. The Hall–Kier alpha value is -1.56. The Bertz CT molecular complexity index is 416. The third-order valence-electron chi connectivity index (χ3n) is 2.79. The zero-order valence-electron chi connectivity index (χ0n) is 11.9. The average Bonchev–Trinajstić information content (AvgIpc) is 2.68. The molecule has 0 aliphatic rings. The van der Waals surface area contributed by atoms with Crippen LogP contribution in [-0.4, -0.2) is 35.6 Å². The number of nitrogen functional groups attached to an aromatic ring is 1. The van der Waals surface area contributed by atoms with Gasteiger partial charge >= 0.3 is 5.97 Å². The van der Waals surface area contributed by atoms with E-state index in [1.54, 1.807) is 7.05 Å². The summed E-state index contributed by atoms with van der Waals surface area (Å²) < 4.78 is 11.9. The molecule has 1 aromatic rings. The van der Waals surface area contributed by atoms with E-state index >= 15 is 0 Å². The lowest BCUT2D eigenvalue weighted by molar-refractivity contribution is 0.0304. The second-order valence-electron chi connectivity index (χ2n) is 4.29. The normalized spacial score (nSPS) is 10.7. The highest BCUT2D eigenvalue weighted by Gasteiger charge is 2.20. The van der Waals surface area contributed by atoms with Crippen LogP contribution in [0.4, 0.5) is 5.69 Å². The summed E-state index contributed by atoms with van der Waals surface area (Å²) in [6.45, 7) is 5.37. The van der Waals surface area contributed by atoms with Gasteiger partial charge in [-0.2, -0.15) is 5.10 Å². The summed E-state index contributed by atoms with van der Waals surface area (Å²) in [5.74, 6) is -0.453. The summed E-state index contributed by atoms with van der Waals surface area (Å²) in [6.07, 6.45) is 2.79. The Morgan fingerprint density at radius 3 is 2.63 bits per heavy atom. The molecule has 2 N–H and O–H groups in total.